The van der Waals surface area contributed by atoms with E-state index in [2.05, 4.69) is 45.2 Å². The van der Waals surface area contributed by atoms with Gasteiger partial charge in [0.2, 0.25) is 0 Å². The van der Waals surface area contributed by atoms with E-state index in [1.54, 1.807) is 0 Å². The van der Waals surface area contributed by atoms with Gasteiger partial charge in [0.1, 0.15) is 0 Å². The monoisotopic (exact) mass is 229 g/mol. The first-order valence-electron chi connectivity index (χ1n) is 6.30. The minimum absolute atomic E-state index is 0.395. The molecule has 0 bridgehead atoms. The van der Waals surface area contributed by atoms with Crippen molar-refractivity contribution in [3.8, 4) is 0 Å². The van der Waals surface area contributed by atoms with Crippen LogP contribution in [0.5, 0.6) is 0 Å². The predicted molar refractivity (Wildman–Crippen MR) is 71.6 cm³/mol. The van der Waals surface area contributed by atoms with Gasteiger partial charge in [-0.3, -0.25) is 0 Å². The lowest BCUT2D eigenvalue weighted by Gasteiger charge is -2.33. The summed E-state index contributed by atoms with van der Waals surface area (Å²) in [6, 6.07) is 0. The normalized spacial score (nSPS) is 25.8. The average molecular weight is 229 g/mol. The van der Waals surface area contributed by atoms with Gasteiger partial charge in [-0.1, -0.05) is 34.1 Å². The van der Waals surface area contributed by atoms with Gasteiger partial charge in [0.25, 0.3) is 0 Å². The Kier molecular flexibility index (Phi) is 4.98. The molecule has 0 N–H and O–H groups in total. The molecule has 2 heteroatoms. The maximum atomic E-state index is 4.50. The molecule has 1 saturated heterocycles. The van der Waals surface area contributed by atoms with E-state index in [1.165, 1.54) is 32.5 Å². The van der Waals surface area contributed by atoms with Crippen LogP contribution in [-0.4, -0.2) is 30.3 Å². The highest BCUT2D eigenvalue weighted by Crippen LogP contribution is 2.29. The summed E-state index contributed by atoms with van der Waals surface area (Å²) < 4.78 is 0. The highest BCUT2D eigenvalue weighted by Gasteiger charge is 2.28. The SMILES string of the molecule is CCC1CCN(CC(CS)C(C)(C)C)C1. The molecule has 1 heterocycles. The molecule has 90 valence electrons. The number of hydrogen-bond acceptors (Lipinski definition) is 2. The molecule has 1 aliphatic heterocycles. The van der Waals surface area contributed by atoms with E-state index in [4.69, 9.17) is 0 Å². The fraction of sp³-hybridized carbons (Fsp3) is 1.00. The molecule has 2 atom stereocenters. The highest BCUT2D eigenvalue weighted by atomic mass is 32.1. The van der Waals surface area contributed by atoms with Crippen molar-refractivity contribution in [1.29, 1.82) is 0 Å². The Bertz CT molecular complexity index is 185. The molecule has 1 nitrogen and oxygen atoms in total. The number of rotatable bonds is 4. The van der Waals surface area contributed by atoms with Crippen LogP contribution in [0, 0.1) is 17.3 Å². The van der Waals surface area contributed by atoms with Crippen molar-refractivity contribution < 1.29 is 0 Å². The van der Waals surface area contributed by atoms with Crippen molar-refractivity contribution in [2.45, 2.75) is 40.5 Å². The highest BCUT2D eigenvalue weighted by molar-refractivity contribution is 7.80. The van der Waals surface area contributed by atoms with Gasteiger partial charge in [0.05, 0.1) is 0 Å². The Morgan fingerprint density at radius 2 is 2.07 bits per heavy atom. The van der Waals surface area contributed by atoms with E-state index in [0.29, 0.717) is 5.41 Å². The second-order valence-corrected chi connectivity index (χ2v) is 6.43. The summed E-state index contributed by atoms with van der Waals surface area (Å²) in [5, 5.41) is 0. The molecule has 0 saturated carbocycles. The second-order valence-electron chi connectivity index (χ2n) is 6.07. The van der Waals surface area contributed by atoms with Crippen LogP contribution in [0.3, 0.4) is 0 Å². The Labute approximate surface area is 101 Å². The van der Waals surface area contributed by atoms with Crippen LogP contribution in [0.1, 0.15) is 40.5 Å². The van der Waals surface area contributed by atoms with Crippen LogP contribution in [0.15, 0.2) is 0 Å². The van der Waals surface area contributed by atoms with Crippen molar-refractivity contribution in [2.75, 3.05) is 25.4 Å². The van der Waals surface area contributed by atoms with Crippen LogP contribution in [0.4, 0.5) is 0 Å². The van der Waals surface area contributed by atoms with Gasteiger partial charge in [-0.2, -0.15) is 12.6 Å². The molecule has 0 radical (unpaired) electrons. The third-order valence-electron chi connectivity index (χ3n) is 3.87. The van der Waals surface area contributed by atoms with Gasteiger partial charge in [-0.15, -0.1) is 0 Å². The first kappa shape index (κ1) is 13.4. The molecule has 0 aromatic heterocycles. The summed E-state index contributed by atoms with van der Waals surface area (Å²) in [5.41, 5.74) is 0.395. The van der Waals surface area contributed by atoms with Gasteiger partial charge < -0.3 is 4.90 Å². The Hall–Kier alpha value is 0.310. The Morgan fingerprint density at radius 3 is 2.47 bits per heavy atom. The van der Waals surface area contributed by atoms with Crippen LogP contribution in [-0.2, 0) is 0 Å². The third-order valence-corrected chi connectivity index (χ3v) is 4.31. The van der Waals surface area contributed by atoms with Crippen molar-refractivity contribution >= 4 is 12.6 Å². The fourth-order valence-corrected chi connectivity index (χ4v) is 2.99. The molecule has 0 amide bonds. The lowest BCUT2D eigenvalue weighted by Crippen LogP contribution is -2.35. The summed E-state index contributed by atoms with van der Waals surface area (Å²) >= 11 is 4.50. The number of thiol groups is 1. The standard InChI is InChI=1S/C13H27NS/c1-5-11-6-7-14(8-11)9-12(10-15)13(2,3)4/h11-12,15H,5-10H2,1-4H3. The fourth-order valence-electron chi connectivity index (χ4n) is 2.33. The van der Waals surface area contributed by atoms with Crippen molar-refractivity contribution in [3.05, 3.63) is 0 Å². The summed E-state index contributed by atoms with van der Waals surface area (Å²) in [6.07, 6.45) is 2.75. The van der Waals surface area contributed by atoms with E-state index in [0.717, 1.165) is 17.6 Å². The number of nitrogens with zero attached hydrogens (tertiary/aromatic N) is 1. The molecule has 1 aliphatic rings. The van der Waals surface area contributed by atoms with E-state index < -0.39 is 0 Å². The van der Waals surface area contributed by atoms with E-state index in [-0.39, 0.29) is 0 Å². The first-order valence-corrected chi connectivity index (χ1v) is 6.93. The largest absolute Gasteiger partial charge is 0.303 e. The van der Waals surface area contributed by atoms with Gasteiger partial charge in [0.15, 0.2) is 0 Å². The van der Waals surface area contributed by atoms with Crippen molar-refractivity contribution in [2.24, 2.45) is 17.3 Å². The van der Waals surface area contributed by atoms with Gasteiger partial charge in [-0.05, 0) is 36.0 Å². The van der Waals surface area contributed by atoms with Crippen LogP contribution in [0.2, 0.25) is 0 Å². The maximum Gasteiger partial charge on any atom is 0.00226 e. The average Bonchev–Trinajstić information content (AvgIpc) is 2.59. The predicted octanol–water partition coefficient (Wildman–Crippen LogP) is 3.31. The van der Waals surface area contributed by atoms with Crippen LogP contribution < -0.4 is 0 Å². The van der Waals surface area contributed by atoms with Crippen molar-refractivity contribution in [1.82, 2.24) is 4.90 Å². The summed E-state index contributed by atoms with van der Waals surface area (Å²) in [7, 11) is 0. The minimum atomic E-state index is 0.395. The van der Waals surface area contributed by atoms with E-state index >= 15 is 0 Å². The molecule has 0 spiro atoms. The number of hydrogen-bond donors (Lipinski definition) is 1. The summed E-state index contributed by atoms with van der Waals surface area (Å²) in [6.45, 7) is 13.2. The summed E-state index contributed by atoms with van der Waals surface area (Å²) in [5.74, 6) is 2.68. The van der Waals surface area contributed by atoms with Crippen LogP contribution >= 0.6 is 12.6 Å². The molecule has 0 aliphatic carbocycles. The zero-order valence-corrected chi connectivity index (χ0v) is 11.7. The minimum Gasteiger partial charge on any atom is -0.303 e. The molecule has 15 heavy (non-hydrogen) atoms. The zero-order valence-electron chi connectivity index (χ0n) is 10.8. The second kappa shape index (κ2) is 5.58. The summed E-state index contributed by atoms with van der Waals surface area (Å²) in [4.78, 5) is 2.64. The van der Waals surface area contributed by atoms with Crippen LogP contribution in [0.25, 0.3) is 0 Å². The van der Waals surface area contributed by atoms with E-state index in [9.17, 15) is 0 Å². The third kappa shape index (κ3) is 3.99. The molecule has 1 fully saturated rings. The molecule has 0 aromatic carbocycles. The van der Waals surface area contributed by atoms with E-state index in [1.807, 2.05) is 0 Å². The topological polar surface area (TPSA) is 3.24 Å². The molecular formula is C13H27NS. The Morgan fingerprint density at radius 1 is 1.40 bits per heavy atom. The lowest BCUT2D eigenvalue weighted by atomic mass is 9.81. The quantitative estimate of drug-likeness (QED) is 0.724. The molecule has 1 rings (SSSR count). The lowest BCUT2D eigenvalue weighted by molar-refractivity contribution is 0.183. The molecule has 0 aromatic rings. The van der Waals surface area contributed by atoms with Gasteiger partial charge in [-0.25, -0.2) is 0 Å². The number of likely N-dealkylation sites (tertiary alicyclic amines) is 1. The zero-order chi connectivity index (χ0) is 11.5. The van der Waals surface area contributed by atoms with Gasteiger partial charge >= 0.3 is 0 Å². The molecular weight excluding hydrogens is 202 g/mol. The first-order chi connectivity index (χ1) is 6.97. The molecule has 2 unspecified atom stereocenters. The Balaban J connectivity index is 2.40. The van der Waals surface area contributed by atoms with Crippen molar-refractivity contribution in [3.63, 3.8) is 0 Å². The van der Waals surface area contributed by atoms with Gasteiger partial charge in [0, 0.05) is 13.1 Å². The maximum absolute atomic E-state index is 4.50. The smallest absolute Gasteiger partial charge is 0.00226 e.